The standard InChI is InChI=1S/C23H21ClN2O3S/c1-13-2-4-15(5-3-13)30(28,29)26-19-7-6-16-17(18(19)12-25-26)11-23-9-8-14(10-23)22(27)21(24)20(16)23/h2-7,12,14,22,27H,8-11H2,1H3/t14-,22-,23?/m1/s1. The van der Waals surface area contributed by atoms with Crippen molar-refractivity contribution in [1.82, 2.24) is 9.19 Å². The Morgan fingerprint density at radius 1 is 1.20 bits per heavy atom. The molecule has 0 aliphatic heterocycles. The molecule has 1 aromatic heterocycles. The highest BCUT2D eigenvalue weighted by Gasteiger charge is 2.54. The lowest BCUT2D eigenvalue weighted by atomic mass is 9.74. The van der Waals surface area contributed by atoms with E-state index in [9.17, 15) is 13.5 Å². The topological polar surface area (TPSA) is 72.2 Å². The van der Waals surface area contributed by atoms with Crippen LogP contribution in [-0.4, -0.2) is 28.8 Å². The Kier molecular flexibility index (Phi) is 3.70. The summed E-state index contributed by atoms with van der Waals surface area (Å²) in [5.41, 5.74) is 4.75. The molecule has 0 amide bonds. The molecule has 1 unspecified atom stereocenters. The summed E-state index contributed by atoms with van der Waals surface area (Å²) >= 11 is 6.66. The minimum atomic E-state index is -3.79. The molecular formula is C23H21ClN2O3S. The number of aliphatic hydroxyl groups is 1. The lowest BCUT2D eigenvalue weighted by molar-refractivity contribution is 0.138. The van der Waals surface area contributed by atoms with E-state index in [4.69, 9.17) is 11.6 Å². The van der Waals surface area contributed by atoms with Crippen LogP contribution in [0.1, 0.15) is 36.0 Å². The van der Waals surface area contributed by atoms with E-state index in [1.165, 1.54) is 0 Å². The van der Waals surface area contributed by atoms with Crippen molar-refractivity contribution in [1.29, 1.82) is 0 Å². The fourth-order valence-corrected chi connectivity index (χ4v) is 7.59. The number of fused-ring (bicyclic) bond motifs is 5. The van der Waals surface area contributed by atoms with Crippen molar-refractivity contribution in [2.75, 3.05) is 0 Å². The van der Waals surface area contributed by atoms with Gasteiger partial charge in [-0.05, 0) is 73.4 Å². The molecule has 3 aliphatic rings. The summed E-state index contributed by atoms with van der Waals surface area (Å²) in [6, 6.07) is 10.6. The molecule has 1 spiro atoms. The number of aryl methyl sites for hydroxylation is 1. The maximum absolute atomic E-state index is 13.2. The first-order valence-corrected chi connectivity index (χ1v) is 12.0. The van der Waals surface area contributed by atoms with Crippen molar-refractivity contribution < 1.29 is 13.5 Å². The van der Waals surface area contributed by atoms with Gasteiger partial charge in [0.05, 0.1) is 27.7 Å². The Hall–Kier alpha value is -2.15. The number of allylic oxidation sites excluding steroid dienone is 1. The summed E-state index contributed by atoms with van der Waals surface area (Å²) in [5.74, 6) is 0.218. The van der Waals surface area contributed by atoms with E-state index >= 15 is 0 Å². The summed E-state index contributed by atoms with van der Waals surface area (Å²) in [5, 5.41) is 16.3. The van der Waals surface area contributed by atoms with Gasteiger partial charge in [-0.3, -0.25) is 0 Å². The van der Waals surface area contributed by atoms with E-state index in [1.807, 2.05) is 19.1 Å². The van der Waals surface area contributed by atoms with Gasteiger partial charge in [0.25, 0.3) is 10.0 Å². The number of rotatable bonds is 2. The summed E-state index contributed by atoms with van der Waals surface area (Å²) in [7, 11) is -3.79. The van der Waals surface area contributed by atoms with Gasteiger partial charge in [0.2, 0.25) is 0 Å². The average Bonchev–Trinajstić information content (AvgIpc) is 3.40. The van der Waals surface area contributed by atoms with Crippen molar-refractivity contribution in [3.8, 4) is 0 Å². The van der Waals surface area contributed by atoms with E-state index in [-0.39, 0.29) is 16.2 Å². The van der Waals surface area contributed by atoms with E-state index < -0.39 is 16.1 Å². The summed E-state index contributed by atoms with van der Waals surface area (Å²) < 4.78 is 27.6. The van der Waals surface area contributed by atoms with Gasteiger partial charge in [-0.25, -0.2) is 0 Å². The van der Waals surface area contributed by atoms with E-state index in [0.717, 1.165) is 57.4 Å². The van der Waals surface area contributed by atoms with Gasteiger partial charge in [-0.15, -0.1) is 0 Å². The SMILES string of the molecule is Cc1ccc(S(=O)(=O)n2ncc3c4c(ccc32)C2=C(Cl)[C@H](O)[C@@H]3CCC2(C4)C3)cc1. The minimum absolute atomic E-state index is 0.0322. The van der Waals surface area contributed by atoms with Gasteiger partial charge >= 0.3 is 0 Å². The number of aliphatic hydroxyl groups excluding tert-OH is 1. The molecule has 1 heterocycles. The molecule has 2 bridgehead atoms. The predicted molar refractivity (Wildman–Crippen MR) is 116 cm³/mol. The van der Waals surface area contributed by atoms with Crippen molar-refractivity contribution in [2.24, 2.45) is 11.3 Å². The van der Waals surface area contributed by atoms with Crippen LogP contribution in [0.25, 0.3) is 16.5 Å². The van der Waals surface area contributed by atoms with E-state index in [2.05, 4.69) is 5.10 Å². The van der Waals surface area contributed by atoms with Gasteiger partial charge in [0.15, 0.2) is 0 Å². The molecule has 3 atom stereocenters. The molecule has 7 heteroatoms. The van der Waals surface area contributed by atoms with E-state index in [1.54, 1.807) is 30.5 Å². The first kappa shape index (κ1) is 18.6. The Balaban J connectivity index is 1.54. The van der Waals surface area contributed by atoms with Crippen molar-refractivity contribution in [3.63, 3.8) is 0 Å². The smallest absolute Gasteiger partial charge is 0.283 e. The quantitative estimate of drug-likeness (QED) is 0.646. The molecule has 0 radical (unpaired) electrons. The molecule has 154 valence electrons. The summed E-state index contributed by atoms with van der Waals surface area (Å²) in [6.45, 7) is 1.92. The first-order valence-electron chi connectivity index (χ1n) is 10.2. The predicted octanol–water partition coefficient (Wildman–Crippen LogP) is 4.25. The Morgan fingerprint density at radius 2 is 1.97 bits per heavy atom. The number of halogens is 1. The molecule has 1 fully saturated rings. The Labute approximate surface area is 180 Å². The van der Waals surface area contributed by atoms with E-state index in [0.29, 0.717) is 10.5 Å². The van der Waals surface area contributed by atoms with Gasteiger partial charge < -0.3 is 5.11 Å². The highest BCUT2D eigenvalue weighted by molar-refractivity contribution is 7.90. The van der Waals surface area contributed by atoms with Crippen LogP contribution in [0.2, 0.25) is 0 Å². The van der Waals surface area contributed by atoms with Crippen LogP contribution in [0.5, 0.6) is 0 Å². The Morgan fingerprint density at radius 3 is 2.73 bits per heavy atom. The normalized spacial score (nSPS) is 27.6. The van der Waals surface area contributed by atoms with Crippen molar-refractivity contribution in [3.05, 3.63) is 64.3 Å². The number of aromatic nitrogens is 2. The van der Waals surface area contributed by atoms with Crippen LogP contribution in [0, 0.1) is 18.3 Å². The second kappa shape index (κ2) is 5.96. The third-order valence-electron chi connectivity index (χ3n) is 7.28. The van der Waals surface area contributed by atoms with Crippen LogP contribution in [0.15, 0.2) is 52.5 Å². The lowest BCUT2D eigenvalue weighted by Crippen LogP contribution is -2.29. The van der Waals surface area contributed by atoms with Crippen molar-refractivity contribution >= 4 is 38.1 Å². The zero-order valence-electron chi connectivity index (χ0n) is 16.5. The number of nitrogens with zero attached hydrogens (tertiary/aromatic N) is 2. The summed E-state index contributed by atoms with van der Waals surface area (Å²) in [4.78, 5) is 0.221. The molecule has 3 aliphatic carbocycles. The molecular weight excluding hydrogens is 420 g/mol. The fraction of sp³-hybridized carbons (Fsp3) is 0.348. The maximum Gasteiger partial charge on any atom is 0.283 e. The van der Waals surface area contributed by atoms with Crippen LogP contribution in [0.4, 0.5) is 0 Å². The highest BCUT2D eigenvalue weighted by Crippen LogP contribution is 2.64. The number of hydrogen-bond acceptors (Lipinski definition) is 4. The molecule has 0 saturated heterocycles. The lowest BCUT2D eigenvalue weighted by Gasteiger charge is -2.33. The molecule has 1 saturated carbocycles. The zero-order chi connectivity index (χ0) is 20.8. The third kappa shape index (κ3) is 2.27. The molecule has 1 N–H and O–H groups in total. The molecule has 5 nitrogen and oxygen atoms in total. The Bertz CT molecular complexity index is 1360. The fourth-order valence-electron chi connectivity index (χ4n) is 5.84. The zero-order valence-corrected chi connectivity index (χ0v) is 18.0. The molecule has 3 aromatic rings. The van der Waals surface area contributed by atoms with Gasteiger partial charge in [-0.1, -0.05) is 35.4 Å². The van der Waals surface area contributed by atoms with Crippen LogP contribution >= 0.6 is 11.6 Å². The van der Waals surface area contributed by atoms with Gasteiger partial charge in [0.1, 0.15) is 0 Å². The highest BCUT2D eigenvalue weighted by atomic mass is 35.5. The third-order valence-corrected chi connectivity index (χ3v) is 9.31. The number of benzene rings is 2. The van der Waals surface area contributed by atoms with Gasteiger partial charge in [-0.2, -0.15) is 17.6 Å². The molecule has 6 rings (SSSR count). The maximum atomic E-state index is 13.2. The van der Waals surface area contributed by atoms with Crippen LogP contribution < -0.4 is 0 Å². The second-order valence-electron chi connectivity index (χ2n) is 8.96. The van der Waals surface area contributed by atoms with Crippen LogP contribution in [-0.2, 0) is 16.4 Å². The van der Waals surface area contributed by atoms with Crippen LogP contribution in [0.3, 0.4) is 0 Å². The molecule has 2 aromatic carbocycles. The average molecular weight is 441 g/mol. The largest absolute Gasteiger partial charge is 0.387 e. The second-order valence-corrected chi connectivity index (χ2v) is 11.1. The first-order chi connectivity index (χ1) is 14.3. The summed E-state index contributed by atoms with van der Waals surface area (Å²) in [6.07, 6.45) is 4.80. The minimum Gasteiger partial charge on any atom is -0.387 e. The monoisotopic (exact) mass is 440 g/mol. The van der Waals surface area contributed by atoms with Crippen molar-refractivity contribution in [2.45, 2.75) is 43.6 Å². The molecule has 30 heavy (non-hydrogen) atoms. The number of hydrogen-bond donors (Lipinski definition) is 1. The van der Waals surface area contributed by atoms with Gasteiger partial charge in [0, 0.05) is 10.8 Å².